The number of ether oxygens (including phenoxy) is 2. The van der Waals surface area contributed by atoms with E-state index in [1.807, 2.05) is 25.1 Å². The van der Waals surface area contributed by atoms with Gasteiger partial charge in [-0.3, -0.25) is 4.79 Å². The highest BCUT2D eigenvalue weighted by molar-refractivity contribution is 5.87. The Hall–Kier alpha value is -1.88. The quantitative estimate of drug-likeness (QED) is 0.831. The fourth-order valence-electron chi connectivity index (χ4n) is 2.21. The van der Waals surface area contributed by atoms with Gasteiger partial charge in [0.2, 0.25) is 0 Å². The molecule has 1 aromatic carbocycles. The van der Waals surface area contributed by atoms with Crippen LogP contribution in [0, 0.1) is 0 Å². The van der Waals surface area contributed by atoms with Gasteiger partial charge in [0, 0.05) is 0 Å². The number of nitrogens with zero attached hydrogens (tertiary/aromatic N) is 1. The predicted molar refractivity (Wildman–Crippen MR) is 65.2 cm³/mol. The number of aromatic nitrogens is 2. The van der Waals surface area contributed by atoms with E-state index < -0.39 is 5.41 Å². The molecule has 1 N–H and O–H groups in total. The Labute approximate surface area is 104 Å². The minimum Gasteiger partial charge on any atom is -0.465 e. The number of hydrogen-bond donors (Lipinski definition) is 1. The van der Waals surface area contributed by atoms with Crippen molar-refractivity contribution in [2.24, 2.45) is 0 Å². The summed E-state index contributed by atoms with van der Waals surface area (Å²) in [6, 6.07) is 5.77. The Bertz CT molecular complexity index is 587. The lowest BCUT2D eigenvalue weighted by Crippen LogP contribution is -2.53. The van der Waals surface area contributed by atoms with Crippen molar-refractivity contribution in [3.63, 3.8) is 0 Å². The number of aromatic amines is 1. The zero-order valence-corrected chi connectivity index (χ0v) is 10.1. The molecule has 0 bridgehead atoms. The smallest absolute Gasteiger partial charge is 0.321 e. The SMILES string of the molecule is CCOC(=O)C1(c2ccc3nc[nH]c3c2)COC1. The topological polar surface area (TPSA) is 64.2 Å². The molecule has 5 heteroatoms. The molecule has 0 amide bonds. The number of benzene rings is 1. The van der Waals surface area contributed by atoms with Gasteiger partial charge in [0.15, 0.2) is 0 Å². The second-order valence-corrected chi connectivity index (χ2v) is 4.43. The van der Waals surface area contributed by atoms with Crippen molar-refractivity contribution in [1.29, 1.82) is 0 Å². The zero-order valence-electron chi connectivity index (χ0n) is 10.1. The third-order valence-electron chi connectivity index (χ3n) is 3.34. The van der Waals surface area contributed by atoms with E-state index in [-0.39, 0.29) is 5.97 Å². The Balaban J connectivity index is 2.02. The molecule has 3 rings (SSSR count). The van der Waals surface area contributed by atoms with Crippen molar-refractivity contribution in [3.8, 4) is 0 Å². The van der Waals surface area contributed by atoms with Gasteiger partial charge in [0.05, 0.1) is 37.2 Å². The summed E-state index contributed by atoms with van der Waals surface area (Å²) < 4.78 is 10.4. The fourth-order valence-corrected chi connectivity index (χ4v) is 2.21. The molecular weight excluding hydrogens is 232 g/mol. The van der Waals surface area contributed by atoms with Gasteiger partial charge in [0.1, 0.15) is 5.41 Å². The molecule has 1 fully saturated rings. The number of H-pyrrole nitrogens is 1. The minimum absolute atomic E-state index is 0.213. The van der Waals surface area contributed by atoms with E-state index in [2.05, 4.69) is 9.97 Å². The van der Waals surface area contributed by atoms with E-state index in [0.29, 0.717) is 19.8 Å². The molecule has 2 aromatic rings. The first-order valence-electron chi connectivity index (χ1n) is 5.95. The second kappa shape index (κ2) is 4.10. The number of esters is 1. The lowest BCUT2D eigenvalue weighted by atomic mass is 9.78. The lowest BCUT2D eigenvalue weighted by Gasteiger charge is -2.39. The molecule has 5 nitrogen and oxygen atoms in total. The molecule has 2 heterocycles. The van der Waals surface area contributed by atoms with E-state index >= 15 is 0 Å². The maximum absolute atomic E-state index is 12.1. The van der Waals surface area contributed by atoms with Crippen LogP contribution in [0.25, 0.3) is 11.0 Å². The maximum Gasteiger partial charge on any atom is 0.321 e. The van der Waals surface area contributed by atoms with Crippen LogP contribution >= 0.6 is 0 Å². The van der Waals surface area contributed by atoms with Gasteiger partial charge in [-0.15, -0.1) is 0 Å². The predicted octanol–water partition coefficient (Wildman–Crippen LogP) is 1.39. The van der Waals surface area contributed by atoms with Crippen LogP contribution < -0.4 is 0 Å². The first-order chi connectivity index (χ1) is 8.76. The van der Waals surface area contributed by atoms with Crippen LogP contribution in [0.1, 0.15) is 12.5 Å². The highest BCUT2D eigenvalue weighted by atomic mass is 16.6. The van der Waals surface area contributed by atoms with E-state index in [1.54, 1.807) is 6.33 Å². The summed E-state index contributed by atoms with van der Waals surface area (Å²) in [6.07, 6.45) is 1.64. The summed E-state index contributed by atoms with van der Waals surface area (Å²) in [5.74, 6) is -0.213. The molecular formula is C13H14N2O3. The van der Waals surface area contributed by atoms with Crippen molar-refractivity contribution < 1.29 is 14.3 Å². The van der Waals surface area contributed by atoms with Crippen molar-refractivity contribution in [1.82, 2.24) is 9.97 Å². The van der Waals surface area contributed by atoms with Crippen molar-refractivity contribution >= 4 is 17.0 Å². The largest absolute Gasteiger partial charge is 0.465 e. The summed E-state index contributed by atoms with van der Waals surface area (Å²) in [5, 5.41) is 0. The standard InChI is InChI=1S/C13H14N2O3/c1-2-18-12(16)13(6-17-7-13)9-3-4-10-11(5-9)15-8-14-10/h3-5,8H,2,6-7H2,1H3,(H,14,15). The van der Waals surface area contributed by atoms with Gasteiger partial charge in [-0.05, 0) is 24.6 Å². The van der Waals surface area contributed by atoms with Gasteiger partial charge in [0.25, 0.3) is 0 Å². The first kappa shape index (κ1) is 11.2. The third-order valence-corrected chi connectivity index (χ3v) is 3.34. The molecule has 0 atom stereocenters. The van der Waals surface area contributed by atoms with Crippen LogP contribution in [0.2, 0.25) is 0 Å². The highest BCUT2D eigenvalue weighted by Gasteiger charge is 2.49. The van der Waals surface area contributed by atoms with Gasteiger partial charge in [-0.25, -0.2) is 4.98 Å². The van der Waals surface area contributed by atoms with Crippen LogP contribution in [0.4, 0.5) is 0 Å². The van der Waals surface area contributed by atoms with E-state index in [9.17, 15) is 4.79 Å². The number of carbonyl (C=O) groups excluding carboxylic acids is 1. The van der Waals surface area contributed by atoms with Gasteiger partial charge < -0.3 is 14.5 Å². The minimum atomic E-state index is -0.644. The normalized spacial score (nSPS) is 17.4. The van der Waals surface area contributed by atoms with Crippen molar-refractivity contribution in [3.05, 3.63) is 30.1 Å². The summed E-state index contributed by atoms with van der Waals surface area (Å²) in [5.41, 5.74) is 2.08. The van der Waals surface area contributed by atoms with Crippen LogP contribution in [-0.4, -0.2) is 35.8 Å². The van der Waals surface area contributed by atoms with Crippen LogP contribution in [-0.2, 0) is 19.7 Å². The number of nitrogens with one attached hydrogen (secondary N) is 1. The van der Waals surface area contributed by atoms with Crippen molar-refractivity contribution in [2.75, 3.05) is 19.8 Å². The average molecular weight is 246 g/mol. The maximum atomic E-state index is 12.1. The summed E-state index contributed by atoms with van der Waals surface area (Å²) in [6.45, 7) is 2.95. The number of fused-ring (bicyclic) bond motifs is 1. The molecule has 0 radical (unpaired) electrons. The van der Waals surface area contributed by atoms with E-state index in [1.165, 1.54) is 0 Å². The summed E-state index contributed by atoms with van der Waals surface area (Å²) in [7, 11) is 0. The molecule has 1 saturated heterocycles. The number of imidazole rings is 1. The number of carbonyl (C=O) groups is 1. The summed E-state index contributed by atoms with van der Waals surface area (Å²) >= 11 is 0. The number of rotatable bonds is 3. The molecule has 0 unspecified atom stereocenters. The zero-order chi connectivity index (χ0) is 12.6. The second-order valence-electron chi connectivity index (χ2n) is 4.43. The Kier molecular flexibility index (Phi) is 2.56. The molecule has 0 spiro atoms. The van der Waals surface area contributed by atoms with Gasteiger partial charge in [-0.1, -0.05) is 6.07 Å². The van der Waals surface area contributed by atoms with E-state index in [4.69, 9.17) is 9.47 Å². The summed E-state index contributed by atoms with van der Waals surface area (Å²) in [4.78, 5) is 19.3. The van der Waals surface area contributed by atoms with Gasteiger partial charge in [-0.2, -0.15) is 0 Å². The molecule has 0 saturated carbocycles. The monoisotopic (exact) mass is 246 g/mol. The van der Waals surface area contributed by atoms with Crippen LogP contribution in [0.3, 0.4) is 0 Å². The lowest BCUT2D eigenvalue weighted by molar-refractivity contribution is -0.169. The third kappa shape index (κ3) is 1.51. The molecule has 94 valence electrons. The van der Waals surface area contributed by atoms with Crippen molar-refractivity contribution in [2.45, 2.75) is 12.3 Å². The van der Waals surface area contributed by atoms with Crippen LogP contribution in [0.15, 0.2) is 24.5 Å². The number of hydrogen-bond acceptors (Lipinski definition) is 4. The first-order valence-corrected chi connectivity index (χ1v) is 5.95. The molecule has 1 aromatic heterocycles. The van der Waals surface area contributed by atoms with Crippen LogP contribution in [0.5, 0.6) is 0 Å². The fraction of sp³-hybridized carbons (Fsp3) is 0.385. The molecule has 1 aliphatic rings. The Morgan fingerprint density at radius 2 is 2.39 bits per heavy atom. The molecule has 1 aliphatic heterocycles. The highest BCUT2D eigenvalue weighted by Crippen LogP contribution is 2.34. The molecule has 18 heavy (non-hydrogen) atoms. The Morgan fingerprint density at radius 3 is 3.06 bits per heavy atom. The van der Waals surface area contributed by atoms with Gasteiger partial charge >= 0.3 is 5.97 Å². The van der Waals surface area contributed by atoms with E-state index in [0.717, 1.165) is 16.6 Å². The molecule has 0 aliphatic carbocycles. The average Bonchev–Trinajstić information content (AvgIpc) is 2.75. The Morgan fingerprint density at radius 1 is 1.56 bits per heavy atom.